The number of rotatable bonds is 1. The second-order valence-electron chi connectivity index (χ2n) is 4.78. The van der Waals surface area contributed by atoms with Gasteiger partial charge >= 0.3 is 0 Å². The maximum absolute atomic E-state index is 11.9. The van der Waals surface area contributed by atoms with Gasteiger partial charge in [-0.25, -0.2) is 0 Å². The summed E-state index contributed by atoms with van der Waals surface area (Å²) in [6.45, 7) is 3.67. The fourth-order valence-electron chi connectivity index (χ4n) is 2.17. The third-order valence-electron chi connectivity index (χ3n) is 3.66. The molecule has 1 fully saturated rings. The van der Waals surface area contributed by atoms with E-state index in [1.54, 1.807) is 6.92 Å². The highest BCUT2D eigenvalue weighted by Gasteiger charge is 2.36. The predicted molar refractivity (Wildman–Crippen MR) is 57.1 cm³/mol. The highest BCUT2D eigenvalue weighted by Crippen LogP contribution is 2.33. The largest absolute Gasteiger partial charge is 0.392 e. The van der Waals surface area contributed by atoms with Crippen molar-refractivity contribution in [2.24, 2.45) is 5.41 Å². The Labute approximate surface area is 86.7 Å². The van der Waals surface area contributed by atoms with Gasteiger partial charge in [0.1, 0.15) is 5.78 Å². The van der Waals surface area contributed by atoms with Gasteiger partial charge in [-0.05, 0) is 19.8 Å². The van der Waals surface area contributed by atoms with Crippen LogP contribution >= 0.6 is 0 Å². The van der Waals surface area contributed by atoms with Crippen molar-refractivity contribution in [2.75, 3.05) is 0 Å². The molecule has 0 heterocycles. The lowest BCUT2D eigenvalue weighted by molar-refractivity contribution is -0.134. The lowest BCUT2D eigenvalue weighted by Crippen LogP contribution is -2.38. The van der Waals surface area contributed by atoms with Gasteiger partial charge in [0.05, 0.1) is 11.5 Å². The van der Waals surface area contributed by atoms with Gasteiger partial charge in [-0.2, -0.15) is 0 Å². The van der Waals surface area contributed by atoms with Gasteiger partial charge in [-0.15, -0.1) is 0 Å². The Morgan fingerprint density at radius 1 is 1.21 bits per heavy atom. The lowest BCUT2D eigenvalue weighted by Gasteiger charge is -2.30. The molecule has 0 aromatic carbocycles. The first-order valence-corrected chi connectivity index (χ1v) is 5.79. The fourth-order valence-corrected chi connectivity index (χ4v) is 2.17. The molecule has 2 atom stereocenters. The van der Waals surface area contributed by atoms with Crippen LogP contribution in [0.2, 0.25) is 0 Å². The van der Waals surface area contributed by atoms with Crippen molar-refractivity contribution in [1.29, 1.82) is 0 Å². The number of carbonyl (C=O) groups is 1. The minimum absolute atomic E-state index is 0.259. The molecular weight excluding hydrogens is 176 g/mol. The summed E-state index contributed by atoms with van der Waals surface area (Å²) in [5, 5.41) is 9.69. The van der Waals surface area contributed by atoms with Crippen LogP contribution in [0.4, 0.5) is 0 Å². The standard InChI is InChI=1S/C12H22O2/c1-10(13)12(2)9-7-5-3-4-6-8-11(12)14/h10,13H,3-9H2,1-2H3/t10-,12+/m1/s1. The molecule has 0 aromatic rings. The summed E-state index contributed by atoms with van der Waals surface area (Å²) in [7, 11) is 0. The molecule has 14 heavy (non-hydrogen) atoms. The average molecular weight is 198 g/mol. The molecule has 82 valence electrons. The molecule has 0 radical (unpaired) electrons. The van der Waals surface area contributed by atoms with Crippen LogP contribution in [0.15, 0.2) is 0 Å². The molecule has 0 spiro atoms. The number of hydrogen-bond donors (Lipinski definition) is 1. The first kappa shape index (κ1) is 11.7. The van der Waals surface area contributed by atoms with E-state index >= 15 is 0 Å². The molecule has 1 aliphatic rings. The third kappa shape index (κ3) is 2.57. The summed E-state index contributed by atoms with van der Waals surface area (Å²) >= 11 is 0. The van der Waals surface area contributed by atoms with Crippen LogP contribution in [0, 0.1) is 5.41 Å². The second kappa shape index (κ2) is 4.92. The van der Waals surface area contributed by atoms with Crippen molar-refractivity contribution in [1.82, 2.24) is 0 Å². The van der Waals surface area contributed by atoms with Gasteiger partial charge in [0.25, 0.3) is 0 Å². The van der Waals surface area contributed by atoms with Crippen molar-refractivity contribution in [3.63, 3.8) is 0 Å². The number of carbonyl (C=O) groups excluding carboxylic acids is 1. The van der Waals surface area contributed by atoms with Crippen LogP contribution in [0.25, 0.3) is 0 Å². The summed E-state index contributed by atoms with van der Waals surface area (Å²) in [6.07, 6.45) is 6.69. The molecule has 0 amide bonds. The highest BCUT2D eigenvalue weighted by atomic mass is 16.3. The Bertz CT molecular complexity index is 198. The van der Waals surface area contributed by atoms with Gasteiger partial charge < -0.3 is 5.11 Å². The van der Waals surface area contributed by atoms with Crippen LogP contribution in [-0.2, 0) is 4.79 Å². The lowest BCUT2D eigenvalue weighted by atomic mass is 9.75. The number of ketones is 1. The van der Waals surface area contributed by atoms with Crippen molar-refractivity contribution in [3.8, 4) is 0 Å². The van der Waals surface area contributed by atoms with Gasteiger partial charge in [0.15, 0.2) is 0 Å². The van der Waals surface area contributed by atoms with Crippen molar-refractivity contribution in [3.05, 3.63) is 0 Å². The molecule has 0 bridgehead atoms. The summed E-state index contributed by atoms with van der Waals surface area (Å²) in [6, 6.07) is 0. The van der Waals surface area contributed by atoms with Crippen LogP contribution in [0.5, 0.6) is 0 Å². The average Bonchev–Trinajstić information content (AvgIpc) is 2.21. The highest BCUT2D eigenvalue weighted by molar-refractivity contribution is 5.85. The van der Waals surface area contributed by atoms with Crippen molar-refractivity contribution in [2.45, 2.75) is 64.9 Å². The normalized spacial score (nSPS) is 32.9. The molecule has 0 aromatic heterocycles. The quantitative estimate of drug-likeness (QED) is 0.703. The minimum atomic E-state index is -0.506. The zero-order chi connectivity index (χ0) is 10.6. The summed E-state index contributed by atoms with van der Waals surface area (Å²) in [4.78, 5) is 11.9. The first-order chi connectivity index (χ1) is 6.57. The minimum Gasteiger partial charge on any atom is -0.392 e. The number of aliphatic hydroxyl groups excluding tert-OH is 1. The monoisotopic (exact) mass is 198 g/mol. The number of hydrogen-bond acceptors (Lipinski definition) is 2. The summed E-state index contributed by atoms with van der Waals surface area (Å²) < 4.78 is 0. The fraction of sp³-hybridized carbons (Fsp3) is 0.917. The van der Waals surface area contributed by atoms with Crippen molar-refractivity contribution < 1.29 is 9.90 Å². The summed E-state index contributed by atoms with van der Waals surface area (Å²) in [5.74, 6) is 0.259. The van der Waals surface area contributed by atoms with E-state index in [-0.39, 0.29) is 5.78 Å². The molecular formula is C12H22O2. The zero-order valence-corrected chi connectivity index (χ0v) is 9.38. The Morgan fingerprint density at radius 2 is 1.79 bits per heavy atom. The molecule has 2 nitrogen and oxygen atoms in total. The first-order valence-electron chi connectivity index (χ1n) is 5.79. The van der Waals surface area contributed by atoms with Gasteiger partial charge in [-0.1, -0.05) is 32.6 Å². The van der Waals surface area contributed by atoms with E-state index in [9.17, 15) is 9.90 Å². The molecule has 1 N–H and O–H groups in total. The topological polar surface area (TPSA) is 37.3 Å². The molecule has 1 rings (SSSR count). The van der Waals surface area contributed by atoms with Gasteiger partial charge in [-0.3, -0.25) is 4.79 Å². The number of Topliss-reactive ketones (excluding diaryl/α,β-unsaturated/α-hetero) is 1. The maximum atomic E-state index is 11.9. The Kier molecular flexibility index (Phi) is 4.11. The molecule has 1 aliphatic carbocycles. The van der Waals surface area contributed by atoms with E-state index in [1.807, 2.05) is 6.92 Å². The number of aliphatic hydroxyl groups is 1. The summed E-state index contributed by atoms with van der Waals surface area (Å²) in [5.41, 5.74) is -0.482. The zero-order valence-electron chi connectivity index (χ0n) is 9.38. The third-order valence-corrected chi connectivity index (χ3v) is 3.66. The molecule has 0 saturated heterocycles. The van der Waals surface area contributed by atoms with E-state index in [0.29, 0.717) is 6.42 Å². The van der Waals surface area contributed by atoms with Crippen LogP contribution in [0.3, 0.4) is 0 Å². The molecule has 0 unspecified atom stereocenters. The molecule has 1 saturated carbocycles. The SMILES string of the molecule is C[C@@H](O)[C@]1(C)CCCCCCCC1=O. The molecule has 0 aliphatic heterocycles. The van der Waals surface area contributed by atoms with Crippen molar-refractivity contribution >= 4 is 5.78 Å². The van der Waals surface area contributed by atoms with E-state index < -0.39 is 11.5 Å². The van der Waals surface area contributed by atoms with Crippen LogP contribution in [-0.4, -0.2) is 17.0 Å². The molecule has 2 heteroatoms. The Balaban J connectivity index is 2.71. The van der Waals surface area contributed by atoms with E-state index in [0.717, 1.165) is 19.3 Å². The predicted octanol–water partition coefficient (Wildman–Crippen LogP) is 2.69. The van der Waals surface area contributed by atoms with E-state index in [2.05, 4.69) is 0 Å². The van der Waals surface area contributed by atoms with Crippen LogP contribution in [0.1, 0.15) is 58.8 Å². The van der Waals surface area contributed by atoms with Crippen LogP contribution < -0.4 is 0 Å². The van der Waals surface area contributed by atoms with E-state index in [1.165, 1.54) is 19.3 Å². The van der Waals surface area contributed by atoms with Gasteiger partial charge in [0.2, 0.25) is 0 Å². The Morgan fingerprint density at radius 3 is 2.43 bits per heavy atom. The Hall–Kier alpha value is -0.370. The maximum Gasteiger partial charge on any atom is 0.141 e. The second-order valence-corrected chi connectivity index (χ2v) is 4.78. The smallest absolute Gasteiger partial charge is 0.141 e. The van der Waals surface area contributed by atoms with E-state index in [4.69, 9.17) is 0 Å². The van der Waals surface area contributed by atoms with Gasteiger partial charge in [0, 0.05) is 6.42 Å².